The van der Waals surface area contributed by atoms with E-state index in [1.165, 1.54) is 11.1 Å². The molecule has 0 bridgehead atoms. The number of rotatable bonds is 2. The van der Waals surface area contributed by atoms with Crippen molar-refractivity contribution in [1.82, 2.24) is 0 Å². The van der Waals surface area contributed by atoms with Crippen molar-refractivity contribution in [2.24, 2.45) is 0 Å². The molecule has 0 N–H and O–H groups in total. The van der Waals surface area contributed by atoms with E-state index in [4.69, 9.17) is 4.74 Å². The number of ether oxygens (including phenoxy) is 1. The quantitative estimate of drug-likeness (QED) is 0.564. The van der Waals surface area contributed by atoms with Crippen molar-refractivity contribution < 1.29 is 4.74 Å². The highest BCUT2D eigenvalue weighted by Gasteiger charge is 1.97. The molecule has 0 amide bonds. The molecule has 0 aromatic rings. The van der Waals surface area contributed by atoms with E-state index in [9.17, 15) is 0 Å². The van der Waals surface area contributed by atoms with E-state index in [0.717, 1.165) is 6.42 Å². The van der Waals surface area contributed by atoms with Crippen molar-refractivity contribution >= 4 is 0 Å². The Balaban J connectivity index is 2.50. The predicted octanol–water partition coefficient (Wildman–Crippen LogP) is 2.08. The molecule has 1 nitrogen and oxygen atoms in total. The fourth-order valence-corrected chi connectivity index (χ4v) is 0.897. The van der Waals surface area contributed by atoms with E-state index in [0.29, 0.717) is 6.61 Å². The van der Waals surface area contributed by atoms with Crippen molar-refractivity contribution in [2.75, 3.05) is 13.7 Å². The van der Waals surface area contributed by atoms with Gasteiger partial charge in [0.25, 0.3) is 0 Å². The van der Waals surface area contributed by atoms with Crippen molar-refractivity contribution in [3.05, 3.63) is 36.0 Å². The standard InChI is InChI=1S/C9H12O/c1-8-3-5-9(6-4-8)7-10-2/h3,5-6H,1,4,7H2,2H3. The summed E-state index contributed by atoms with van der Waals surface area (Å²) in [4.78, 5) is 0. The molecule has 1 aliphatic rings. The summed E-state index contributed by atoms with van der Waals surface area (Å²) in [6.07, 6.45) is 7.20. The minimum absolute atomic E-state index is 0.712. The second-order valence-electron chi connectivity index (χ2n) is 2.41. The Kier molecular flexibility index (Phi) is 2.46. The Morgan fingerprint density at radius 3 is 2.90 bits per heavy atom. The van der Waals surface area contributed by atoms with Crippen LogP contribution in [0.25, 0.3) is 0 Å². The Morgan fingerprint density at radius 1 is 1.60 bits per heavy atom. The van der Waals surface area contributed by atoms with E-state index < -0.39 is 0 Å². The fourth-order valence-electron chi connectivity index (χ4n) is 0.897. The molecule has 0 fully saturated rings. The van der Waals surface area contributed by atoms with Gasteiger partial charge in [-0.15, -0.1) is 0 Å². The first-order valence-corrected chi connectivity index (χ1v) is 3.37. The molecule has 0 aliphatic heterocycles. The maximum atomic E-state index is 4.97. The average Bonchev–Trinajstić information content (AvgIpc) is 1.95. The van der Waals surface area contributed by atoms with Gasteiger partial charge in [0.1, 0.15) is 0 Å². The summed E-state index contributed by atoms with van der Waals surface area (Å²) in [7, 11) is 1.71. The molecule has 0 unspecified atom stereocenters. The Labute approximate surface area is 61.7 Å². The highest BCUT2D eigenvalue weighted by molar-refractivity contribution is 5.33. The highest BCUT2D eigenvalue weighted by Crippen LogP contribution is 2.13. The van der Waals surface area contributed by atoms with E-state index >= 15 is 0 Å². The summed E-state index contributed by atoms with van der Waals surface area (Å²) in [6, 6.07) is 0. The third-order valence-electron chi connectivity index (χ3n) is 1.47. The molecule has 1 heteroatoms. The minimum atomic E-state index is 0.712. The maximum Gasteiger partial charge on any atom is 0.0710 e. The number of hydrogen-bond acceptors (Lipinski definition) is 1. The molecule has 10 heavy (non-hydrogen) atoms. The van der Waals surface area contributed by atoms with E-state index in [-0.39, 0.29) is 0 Å². The molecule has 0 saturated carbocycles. The van der Waals surface area contributed by atoms with Gasteiger partial charge in [-0.2, -0.15) is 0 Å². The van der Waals surface area contributed by atoms with Crippen LogP contribution in [0.15, 0.2) is 36.0 Å². The van der Waals surface area contributed by atoms with Gasteiger partial charge in [-0.05, 0) is 12.0 Å². The first kappa shape index (κ1) is 7.29. The van der Waals surface area contributed by atoms with Crippen LogP contribution in [0.1, 0.15) is 6.42 Å². The van der Waals surface area contributed by atoms with Gasteiger partial charge in [0, 0.05) is 7.11 Å². The third kappa shape index (κ3) is 1.85. The summed E-state index contributed by atoms with van der Waals surface area (Å²) in [6.45, 7) is 4.55. The molecular weight excluding hydrogens is 124 g/mol. The topological polar surface area (TPSA) is 9.23 Å². The second kappa shape index (κ2) is 3.37. The zero-order chi connectivity index (χ0) is 7.40. The molecule has 54 valence electrons. The fraction of sp³-hybridized carbons (Fsp3) is 0.333. The van der Waals surface area contributed by atoms with Crippen LogP contribution in [0.5, 0.6) is 0 Å². The Morgan fingerprint density at radius 2 is 2.40 bits per heavy atom. The molecule has 0 heterocycles. The number of hydrogen-bond donors (Lipinski definition) is 0. The SMILES string of the molecule is C=C1C=CC(COC)=CC1. The lowest BCUT2D eigenvalue weighted by molar-refractivity contribution is 0.228. The van der Waals surface area contributed by atoms with Gasteiger partial charge in [-0.3, -0.25) is 0 Å². The summed E-state index contributed by atoms with van der Waals surface area (Å²) in [5.41, 5.74) is 2.41. The summed E-state index contributed by atoms with van der Waals surface area (Å²) in [5, 5.41) is 0. The third-order valence-corrected chi connectivity index (χ3v) is 1.47. The number of methoxy groups -OCH3 is 1. The lowest BCUT2D eigenvalue weighted by atomic mass is 10.0. The monoisotopic (exact) mass is 136 g/mol. The number of allylic oxidation sites excluding steroid dienone is 3. The molecule has 1 aliphatic carbocycles. The molecule has 0 aromatic carbocycles. The first-order valence-electron chi connectivity index (χ1n) is 3.37. The molecule has 0 spiro atoms. The van der Waals surface area contributed by atoms with Crippen LogP contribution in [0, 0.1) is 0 Å². The Hall–Kier alpha value is -0.820. The predicted molar refractivity (Wildman–Crippen MR) is 42.9 cm³/mol. The van der Waals surface area contributed by atoms with Crippen molar-refractivity contribution in [1.29, 1.82) is 0 Å². The van der Waals surface area contributed by atoms with Crippen LogP contribution < -0.4 is 0 Å². The largest absolute Gasteiger partial charge is 0.380 e. The lowest BCUT2D eigenvalue weighted by Crippen LogP contribution is -1.94. The van der Waals surface area contributed by atoms with Crippen LogP contribution in [0.4, 0.5) is 0 Å². The highest BCUT2D eigenvalue weighted by atomic mass is 16.5. The van der Waals surface area contributed by atoms with Crippen LogP contribution in [-0.4, -0.2) is 13.7 Å². The van der Waals surface area contributed by atoms with Crippen molar-refractivity contribution in [3.63, 3.8) is 0 Å². The van der Waals surface area contributed by atoms with Gasteiger partial charge < -0.3 is 4.74 Å². The van der Waals surface area contributed by atoms with Crippen molar-refractivity contribution in [2.45, 2.75) is 6.42 Å². The van der Waals surface area contributed by atoms with E-state index in [1.54, 1.807) is 7.11 Å². The molecule has 0 aromatic heterocycles. The van der Waals surface area contributed by atoms with Gasteiger partial charge in [0.15, 0.2) is 0 Å². The summed E-state index contributed by atoms with van der Waals surface area (Å²) < 4.78 is 4.97. The van der Waals surface area contributed by atoms with Crippen LogP contribution in [-0.2, 0) is 4.74 Å². The maximum absolute atomic E-state index is 4.97. The van der Waals surface area contributed by atoms with Gasteiger partial charge >= 0.3 is 0 Å². The van der Waals surface area contributed by atoms with E-state index in [1.807, 2.05) is 6.08 Å². The zero-order valence-corrected chi connectivity index (χ0v) is 6.26. The van der Waals surface area contributed by atoms with Gasteiger partial charge in [0.05, 0.1) is 6.61 Å². The van der Waals surface area contributed by atoms with Gasteiger partial charge in [-0.1, -0.05) is 30.4 Å². The zero-order valence-electron chi connectivity index (χ0n) is 6.26. The second-order valence-corrected chi connectivity index (χ2v) is 2.41. The minimum Gasteiger partial charge on any atom is -0.380 e. The van der Waals surface area contributed by atoms with Gasteiger partial charge in [0.2, 0.25) is 0 Å². The molecular formula is C9H12O. The van der Waals surface area contributed by atoms with Crippen LogP contribution in [0.3, 0.4) is 0 Å². The van der Waals surface area contributed by atoms with Crippen molar-refractivity contribution in [3.8, 4) is 0 Å². The molecule has 0 saturated heterocycles. The van der Waals surface area contributed by atoms with Crippen LogP contribution in [0.2, 0.25) is 0 Å². The first-order chi connectivity index (χ1) is 4.83. The molecule has 0 radical (unpaired) electrons. The van der Waals surface area contributed by atoms with E-state index in [2.05, 4.69) is 18.7 Å². The lowest BCUT2D eigenvalue weighted by Gasteiger charge is -2.06. The summed E-state index contributed by atoms with van der Waals surface area (Å²) in [5.74, 6) is 0. The normalized spacial score (nSPS) is 17.3. The Bertz CT molecular complexity index is 187. The van der Waals surface area contributed by atoms with Crippen LogP contribution >= 0.6 is 0 Å². The summed E-state index contributed by atoms with van der Waals surface area (Å²) >= 11 is 0. The molecule has 0 atom stereocenters. The smallest absolute Gasteiger partial charge is 0.0710 e. The van der Waals surface area contributed by atoms with Gasteiger partial charge in [-0.25, -0.2) is 0 Å². The molecule has 1 rings (SSSR count). The average molecular weight is 136 g/mol.